The summed E-state index contributed by atoms with van der Waals surface area (Å²) in [5, 5.41) is 10.8. The minimum Gasteiger partial charge on any atom is -0.481 e. The first kappa shape index (κ1) is 22.7. The molecule has 5 heteroatoms. The number of pyridine rings is 1. The van der Waals surface area contributed by atoms with Crippen LogP contribution in [0.3, 0.4) is 0 Å². The quantitative estimate of drug-likeness (QED) is 0.409. The second kappa shape index (κ2) is 10.9. The summed E-state index contributed by atoms with van der Waals surface area (Å²) < 4.78 is 5.38. The van der Waals surface area contributed by atoms with Crippen LogP contribution >= 0.6 is 0 Å². The van der Waals surface area contributed by atoms with Crippen molar-refractivity contribution in [3.05, 3.63) is 114 Å². The van der Waals surface area contributed by atoms with E-state index in [1.807, 2.05) is 80.6 Å². The van der Waals surface area contributed by atoms with E-state index in [0.29, 0.717) is 5.56 Å². The van der Waals surface area contributed by atoms with Crippen LogP contribution in [0.2, 0.25) is 0 Å². The number of carbonyl (C=O) groups is 2. The highest BCUT2D eigenvalue weighted by atomic mass is 16.5. The second-order valence-corrected chi connectivity index (χ2v) is 7.41. The van der Waals surface area contributed by atoms with E-state index in [1.165, 1.54) is 11.8 Å². The molecule has 162 valence electrons. The van der Waals surface area contributed by atoms with E-state index in [-0.39, 0.29) is 18.5 Å². The fraction of sp³-hybridized carbons (Fsp3) is 0.148. The Hall–Kier alpha value is -3.99. The summed E-state index contributed by atoms with van der Waals surface area (Å²) >= 11 is 0. The van der Waals surface area contributed by atoms with Gasteiger partial charge in [-0.25, -0.2) is 4.79 Å². The first-order chi connectivity index (χ1) is 15.4. The van der Waals surface area contributed by atoms with Crippen LogP contribution in [0.5, 0.6) is 0 Å². The average Bonchev–Trinajstić information content (AvgIpc) is 2.80. The molecule has 3 aromatic carbocycles. The third-order valence-corrected chi connectivity index (χ3v) is 4.95. The number of esters is 1. The summed E-state index contributed by atoms with van der Waals surface area (Å²) in [5.74, 6) is -1.14. The van der Waals surface area contributed by atoms with E-state index in [2.05, 4.69) is 4.98 Å². The normalized spacial score (nSPS) is 11.2. The number of hydrogen-bond donors (Lipinski definition) is 1. The number of aryl methyl sites for hydroxylation is 1. The minimum atomic E-state index is -0.790. The van der Waals surface area contributed by atoms with Crippen molar-refractivity contribution in [3.8, 4) is 0 Å². The van der Waals surface area contributed by atoms with Crippen LogP contribution in [-0.2, 0) is 16.0 Å². The SMILES string of the molecule is Cc1ccc(C(C)OC(=O)c2cccnc2)cc1.O=C(O)Cc1cccc2ccccc12. The molecule has 0 saturated heterocycles. The molecule has 4 aromatic rings. The number of aromatic nitrogens is 1. The van der Waals surface area contributed by atoms with Crippen LogP contribution in [0.1, 0.15) is 40.1 Å². The topological polar surface area (TPSA) is 76.5 Å². The van der Waals surface area contributed by atoms with Crippen molar-refractivity contribution >= 4 is 22.7 Å². The Morgan fingerprint density at radius 3 is 2.34 bits per heavy atom. The summed E-state index contributed by atoms with van der Waals surface area (Å²) in [5.41, 5.74) is 3.51. The van der Waals surface area contributed by atoms with E-state index >= 15 is 0 Å². The highest BCUT2D eigenvalue weighted by molar-refractivity contribution is 5.89. The second-order valence-electron chi connectivity index (χ2n) is 7.41. The molecule has 0 bridgehead atoms. The van der Waals surface area contributed by atoms with Crippen LogP contribution in [0, 0.1) is 6.92 Å². The van der Waals surface area contributed by atoms with Crippen LogP contribution in [0.4, 0.5) is 0 Å². The molecule has 0 aliphatic heterocycles. The van der Waals surface area contributed by atoms with E-state index in [1.54, 1.807) is 18.3 Å². The van der Waals surface area contributed by atoms with Crippen LogP contribution in [0.15, 0.2) is 91.3 Å². The number of benzene rings is 3. The molecule has 1 N–H and O–H groups in total. The van der Waals surface area contributed by atoms with Gasteiger partial charge >= 0.3 is 11.9 Å². The van der Waals surface area contributed by atoms with Gasteiger partial charge in [-0.05, 0) is 47.9 Å². The Labute approximate surface area is 187 Å². The van der Waals surface area contributed by atoms with Gasteiger partial charge in [0.25, 0.3) is 0 Å². The van der Waals surface area contributed by atoms with Gasteiger partial charge in [0.2, 0.25) is 0 Å². The number of aliphatic carboxylic acids is 1. The van der Waals surface area contributed by atoms with Crippen molar-refractivity contribution in [1.82, 2.24) is 4.98 Å². The summed E-state index contributed by atoms with van der Waals surface area (Å²) in [7, 11) is 0. The van der Waals surface area contributed by atoms with E-state index in [0.717, 1.165) is 21.9 Å². The molecular weight excluding hydrogens is 402 g/mol. The number of carbonyl (C=O) groups excluding carboxylic acids is 1. The maximum Gasteiger partial charge on any atom is 0.340 e. The smallest absolute Gasteiger partial charge is 0.340 e. The molecule has 0 fully saturated rings. The van der Waals surface area contributed by atoms with E-state index in [9.17, 15) is 9.59 Å². The van der Waals surface area contributed by atoms with Gasteiger partial charge in [-0.2, -0.15) is 0 Å². The first-order valence-corrected chi connectivity index (χ1v) is 10.3. The lowest BCUT2D eigenvalue weighted by atomic mass is 10.0. The van der Waals surface area contributed by atoms with Crippen molar-refractivity contribution in [3.63, 3.8) is 0 Å². The predicted octanol–water partition coefficient (Wildman–Crippen LogP) is 5.77. The van der Waals surface area contributed by atoms with Gasteiger partial charge in [-0.15, -0.1) is 0 Å². The molecule has 4 rings (SSSR count). The molecule has 0 aliphatic carbocycles. The van der Waals surface area contributed by atoms with Gasteiger partial charge in [0.15, 0.2) is 0 Å². The predicted molar refractivity (Wildman–Crippen MR) is 125 cm³/mol. The number of hydrogen-bond acceptors (Lipinski definition) is 4. The fourth-order valence-electron chi connectivity index (χ4n) is 3.23. The largest absolute Gasteiger partial charge is 0.481 e. The van der Waals surface area contributed by atoms with Gasteiger partial charge < -0.3 is 9.84 Å². The van der Waals surface area contributed by atoms with Crippen LogP contribution in [0.25, 0.3) is 10.8 Å². The third-order valence-electron chi connectivity index (χ3n) is 4.95. The molecular formula is C27H25NO4. The minimum absolute atomic E-state index is 0.0847. The summed E-state index contributed by atoms with van der Waals surface area (Å²) in [6, 6.07) is 24.9. The van der Waals surface area contributed by atoms with Gasteiger partial charge in [0, 0.05) is 12.4 Å². The zero-order chi connectivity index (χ0) is 22.9. The Morgan fingerprint density at radius 1 is 0.938 bits per heavy atom. The highest BCUT2D eigenvalue weighted by Crippen LogP contribution is 2.19. The molecule has 32 heavy (non-hydrogen) atoms. The lowest BCUT2D eigenvalue weighted by Gasteiger charge is -2.13. The number of nitrogens with zero attached hydrogens (tertiary/aromatic N) is 1. The Bertz CT molecular complexity index is 1180. The van der Waals surface area contributed by atoms with Gasteiger partial charge in [0.05, 0.1) is 12.0 Å². The molecule has 0 radical (unpaired) electrons. The zero-order valence-corrected chi connectivity index (χ0v) is 18.1. The summed E-state index contributed by atoms with van der Waals surface area (Å²) in [6.07, 6.45) is 2.95. The van der Waals surface area contributed by atoms with Crippen LogP contribution < -0.4 is 0 Å². The van der Waals surface area contributed by atoms with Crippen molar-refractivity contribution in [2.45, 2.75) is 26.4 Å². The standard InChI is InChI=1S/C15H15NO2.C12H10O2/c1-11-5-7-13(8-6-11)12(2)18-15(17)14-4-3-9-16-10-14;13-12(14)8-10-6-3-5-9-4-1-2-7-11(9)10/h3-10,12H,1-2H3;1-7H,8H2,(H,13,14). The lowest BCUT2D eigenvalue weighted by molar-refractivity contribution is -0.136. The maximum atomic E-state index is 11.8. The summed E-state index contributed by atoms with van der Waals surface area (Å²) in [6.45, 7) is 3.88. The van der Waals surface area contributed by atoms with Crippen molar-refractivity contribution in [1.29, 1.82) is 0 Å². The van der Waals surface area contributed by atoms with Crippen molar-refractivity contribution in [2.75, 3.05) is 0 Å². The van der Waals surface area contributed by atoms with Gasteiger partial charge in [-0.3, -0.25) is 9.78 Å². The zero-order valence-electron chi connectivity index (χ0n) is 18.1. The monoisotopic (exact) mass is 427 g/mol. The number of fused-ring (bicyclic) bond motifs is 1. The molecule has 0 aliphatic rings. The molecule has 0 amide bonds. The maximum absolute atomic E-state index is 11.8. The molecule has 0 saturated carbocycles. The molecule has 1 aromatic heterocycles. The Kier molecular flexibility index (Phi) is 7.70. The molecule has 1 unspecified atom stereocenters. The molecule has 5 nitrogen and oxygen atoms in total. The number of ether oxygens (including phenoxy) is 1. The molecule has 1 heterocycles. The van der Waals surface area contributed by atoms with Gasteiger partial charge in [0.1, 0.15) is 6.10 Å². The molecule has 0 spiro atoms. The number of carboxylic acid groups (broad SMARTS) is 1. The number of rotatable bonds is 5. The van der Waals surface area contributed by atoms with Crippen molar-refractivity contribution in [2.24, 2.45) is 0 Å². The van der Waals surface area contributed by atoms with Crippen LogP contribution in [-0.4, -0.2) is 22.0 Å². The van der Waals surface area contributed by atoms with E-state index in [4.69, 9.17) is 9.84 Å². The van der Waals surface area contributed by atoms with Gasteiger partial charge in [-0.1, -0.05) is 72.3 Å². The molecule has 1 atom stereocenters. The summed E-state index contributed by atoms with van der Waals surface area (Å²) in [4.78, 5) is 26.3. The third kappa shape index (κ3) is 6.25. The number of carboxylic acids is 1. The van der Waals surface area contributed by atoms with E-state index < -0.39 is 5.97 Å². The fourth-order valence-corrected chi connectivity index (χ4v) is 3.23. The Balaban J connectivity index is 0.000000186. The first-order valence-electron chi connectivity index (χ1n) is 10.3. The average molecular weight is 428 g/mol. The lowest BCUT2D eigenvalue weighted by Crippen LogP contribution is -2.09. The van der Waals surface area contributed by atoms with Crippen molar-refractivity contribution < 1.29 is 19.4 Å². The Morgan fingerprint density at radius 2 is 1.66 bits per heavy atom. The highest BCUT2D eigenvalue weighted by Gasteiger charge is 2.13.